The molecular formula is C29H30N3+. The summed E-state index contributed by atoms with van der Waals surface area (Å²) in [6.45, 7) is 11.2. The summed E-state index contributed by atoms with van der Waals surface area (Å²) in [4.78, 5) is 5.04. The summed E-state index contributed by atoms with van der Waals surface area (Å²) < 4.78 is 4.61. The van der Waals surface area contributed by atoms with Gasteiger partial charge >= 0.3 is 0 Å². The number of aryl methyl sites for hydroxylation is 2. The molecule has 2 heterocycles. The minimum Gasteiger partial charge on any atom is -0.327 e. The van der Waals surface area contributed by atoms with Gasteiger partial charge in [0.15, 0.2) is 5.69 Å². The number of para-hydroxylation sites is 3. The maximum Gasteiger partial charge on any atom is 0.218 e. The molecule has 0 bridgehead atoms. The number of aromatic nitrogens is 3. The van der Waals surface area contributed by atoms with Crippen molar-refractivity contribution in [1.82, 2.24) is 9.55 Å². The molecule has 0 N–H and O–H groups in total. The Morgan fingerprint density at radius 1 is 0.844 bits per heavy atom. The van der Waals surface area contributed by atoms with Crippen LogP contribution < -0.4 is 4.57 Å². The van der Waals surface area contributed by atoms with Crippen molar-refractivity contribution >= 4 is 21.9 Å². The second-order valence-corrected chi connectivity index (χ2v) is 9.77. The molecule has 0 aliphatic rings. The van der Waals surface area contributed by atoms with Crippen molar-refractivity contribution in [3.63, 3.8) is 0 Å². The first-order valence-corrected chi connectivity index (χ1v) is 11.2. The zero-order valence-electron chi connectivity index (χ0n) is 19.8. The van der Waals surface area contributed by atoms with Crippen LogP contribution in [0.5, 0.6) is 0 Å². The van der Waals surface area contributed by atoms with Crippen LogP contribution in [0.3, 0.4) is 0 Å². The van der Waals surface area contributed by atoms with Crippen LogP contribution in [0.4, 0.5) is 0 Å². The number of pyridine rings is 1. The molecule has 0 radical (unpaired) electrons. The van der Waals surface area contributed by atoms with Crippen LogP contribution in [0, 0.1) is 13.8 Å². The summed E-state index contributed by atoms with van der Waals surface area (Å²) in [6.07, 6.45) is 0. The van der Waals surface area contributed by atoms with Crippen LogP contribution in [-0.4, -0.2) is 9.55 Å². The van der Waals surface area contributed by atoms with Crippen molar-refractivity contribution in [2.75, 3.05) is 0 Å². The summed E-state index contributed by atoms with van der Waals surface area (Å²) in [5.41, 5.74) is 9.58. The molecule has 2 aromatic heterocycles. The van der Waals surface area contributed by atoms with Crippen molar-refractivity contribution < 1.29 is 4.57 Å². The number of hydrogen-bond acceptors (Lipinski definition) is 1. The normalized spacial score (nSPS) is 12.1. The van der Waals surface area contributed by atoms with Gasteiger partial charge in [0, 0.05) is 48.7 Å². The molecule has 0 aliphatic heterocycles. The van der Waals surface area contributed by atoms with Gasteiger partial charge in [-0.05, 0) is 48.2 Å². The van der Waals surface area contributed by atoms with E-state index in [1.165, 1.54) is 39.0 Å². The monoisotopic (exact) mass is 420 g/mol. The Bertz CT molecular complexity index is 1480. The summed E-state index contributed by atoms with van der Waals surface area (Å²) in [7, 11) is 2.11. The van der Waals surface area contributed by atoms with Crippen molar-refractivity contribution in [2.24, 2.45) is 7.05 Å². The van der Waals surface area contributed by atoms with Gasteiger partial charge in [-0.3, -0.25) is 0 Å². The first-order valence-electron chi connectivity index (χ1n) is 11.2. The molecule has 0 spiro atoms. The Hall–Kier alpha value is -3.46. The molecule has 3 aromatic carbocycles. The largest absolute Gasteiger partial charge is 0.327 e. The van der Waals surface area contributed by atoms with Crippen LogP contribution in [0.15, 0.2) is 72.8 Å². The second kappa shape index (κ2) is 7.30. The number of imidazole rings is 1. The van der Waals surface area contributed by atoms with Gasteiger partial charge in [0.1, 0.15) is 5.82 Å². The third kappa shape index (κ3) is 3.20. The minimum atomic E-state index is 0.0147. The average Bonchev–Trinajstić information content (AvgIpc) is 3.10. The van der Waals surface area contributed by atoms with Crippen LogP contribution in [0.2, 0.25) is 0 Å². The Morgan fingerprint density at radius 3 is 2.31 bits per heavy atom. The molecule has 0 unspecified atom stereocenters. The number of fused-ring (bicyclic) bond motifs is 2. The highest BCUT2D eigenvalue weighted by atomic mass is 15.1. The van der Waals surface area contributed by atoms with E-state index >= 15 is 0 Å². The Labute approximate surface area is 190 Å². The molecule has 0 saturated carbocycles. The van der Waals surface area contributed by atoms with Crippen LogP contribution in [-0.2, 0) is 12.5 Å². The second-order valence-electron chi connectivity index (χ2n) is 9.77. The van der Waals surface area contributed by atoms with Gasteiger partial charge < -0.3 is 4.57 Å². The molecular weight excluding hydrogens is 390 g/mol. The molecule has 3 heteroatoms. The number of nitrogens with zero attached hydrogens (tertiary/aromatic N) is 3. The number of rotatable bonds is 2. The fourth-order valence-corrected chi connectivity index (χ4v) is 4.61. The zero-order chi connectivity index (χ0) is 22.6. The van der Waals surface area contributed by atoms with E-state index in [1.807, 2.05) is 0 Å². The third-order valence-electron chi connectivity index (χ3n) is 6.55. The number of hydrogen-bond donors (Lipinski definition) is 0. The summed E-state index contributed by atoms with van der Waals surface area (Å²) >= 11 is 0. The lowest BCUT2D eigenvalue weighted by Gasteiger charge is -2.22. The lowest BCUT2D eigenvalue weighted by atomic mass is 9.84. The summed E-state index contributed by atoms with van der Waals surface area (Å²) in [6, 6.07) is 26.1. The Morgan fingerprint density at radius 2 is 1.56 bits per heavy atom. The highest BCUT2D eigenvalue weighted by Crippen LogP contribution is 2.34. The molecule has 0 amide bonds. The average molecular weight is 421 g/mol. The van der Waals surface area contributed by atoms with Crippen LogP contribution in [0.1, 0.15) is 37.6 Å². The quantitative estimate of drug-likeness (QED) is 0.295. The van der Waals surface area contributed by atoms with E-state index in [9.17, 15) is 0 Å². The maximum atomic E-state index is 5.04. The Kier molecular flexibility index (Phi) is 4.67. The van der Waals surface area contributed by atoms with Crippen LogP contribution in [0.25, 0.3) is 39.0 Å². The van der Waals surface area contributed by atoms with E-state index in [2.05, 4.69) is 124 Å². The Balaban J connectivity index is 1.88. The summed E-state index contributed by atoms with van der Waals surface area (Å²) in [5.74, 6) is 1.01. The molecule has 0 saturated heterocycles. The first-order chi connectivity index (χ1) is 15.3. The lowest BCUT2D eigenvalue weighted by molar-refractivity contribution is -0.574. The smallest absolute Gasteiger partial charge is 0.218 e. The molecule has 5 rings (SSSR count). The van der Waals surface area contributed by atoms with Crippen molar-refractivity contribution in [3.05, 3.63) is 89.6 Å². The lowest BCUT2D eigenvalue weighted by Crippen LogP contribution is -2.36. The topological polar surface area (TPSA) is 21.7 Å². The fourth-order valence-electron chi connectivity index (χ4n) is 4.61. The van der Waals surface area contributed by atoms with Crippen LogP contribution >= 0.6 is 0 Å². The van der Waals surface area contributed by atoms with E-state index in [4.69, 9.17) is 4.98 Å². The van der Waals surface area contributed by atoms with Crippen molar-refractivity contribution in [2.45, 2.75) is 40.0 Å². The van der Waals surface area contributed by atoms with Crippen molar-refractivity contribution in [3.8, 4) is 17.1 Å². The van der Waals surface area contributed by atoms with Gasteiger partial charge in [-0.25, -0.2) is 4.98 Å². The molecule has 3 nitrogen and oxygen atoms in total. The molecule has 160 valence electrons. The van der Waals surface area contributed by atoms with Gasteiger partial charge in [-0.1, -0.05) is 45.0 Å². The maximum absolute atomic E-state index is 5.04. The van der Waals surface area contributed by atoms with E-state index < -0.39 is 0 Å². The van der Waals surface area contributed by atoms with E-state index in [-0.39, 0.29) is 5.41 Å². The number of benzene rings is 3. The molecule has 32 heavy (non-hydrogen) atoms. The summed E-state index contributed by atoms with van der Waals surface area (Å²) in [5, 5.41) is 1.24. The van der Waals surface area contributed by atoms with Gasteiger partial charge in [0.05, 0.1) is 11.0 Å². The molecule has 0 aliphatic carbocycles. The van der Waals surface area contributed by atoms with E-state index in [1.54, 1.807) is 0 Å². The zero-order valence-corrected chi connectivity index (χ0v) is 19.8. The predicted molar refractivity (Wildman–Crippen MR) is 133 cm³/mol. The standard InChI is InChI=1S/C29H30N3/c1-19-15-16-21-11-7-9-13-25(21)32(19)27-18-22(29(3,4)5)17-23(20(27)2)28-30-24-12-8-10-14-26(24)31(28)6/h7-18H,1-6H3/q+1. The van der Waals surface area contributed by atoms with E-state index in [0.717, 1.165) is 16.9 Å². The van der Waals surface area contributed by atoms with Gasteiger partial charge in [-0.2, -0.15) is 4.57 Å². The van der Waals surface area contributed by atoms with Gasteiger partial charge in [0.25, 0.3) is 0 Å². The SMILES string of the molecule is Cc1c(-c2nc3ccccc3n2C)cc(C(C)(C)C)cc1-[n+]1c(C)ccc2ccccc21. The fraction of sp³-hybridized carbons (Fsp3) is 0.241. The molecule has 0 fully saturated rings. The first kappa shape index (κ1) is 20.4. The van der Waals surface area contributed by atoms with Gasteiger partial charge in [0.2, 0.25) is 11.2 Å². The third-order valence-corrected chi connectivity index (χ3v) is 6.55. The minimum absolute atomic E-state index is 0.0147. The molecule has 5 aromatic rings. The highest BCUT2D eigenvalue weighted by molar-refractivity contribution is 5.82. The van der Waals surface area contributed by atoms with E-state index in [0.29, 0.717) is 0 Å². The van der Waals surface area contributed by atoms with Crippen molar-refractivity contribution in [1.29, 1.82) is 0 Å². The molecule has 0 atom stereocenters. The highest BCUT2D eigenvalue weighted by Gasteiger charge is 2.26. The van der Waals surface area contributed by atoms with Gasteiger partial charge in [-0.15, -0.1) is 0 Å². The predicted octanol–water partition coefficient (Wildman–Crippen LogP) is 6.58.